The van der Waals surface area contributed by atoms with Crippen molar-refractivity contribution in [2.75, 3.05) is 7.11 Å². The van der Waals surface area contributed by atoms with Gasteiger partial charge in [0.1, 0.15) is 6.04 Å². The summed E-state index contributed by atoms with van der Waals surface area (Å²) in [6, 6.07) is 4.14. The number of esters is 1. The summed E-state index contributed by atoms with van der Waals surface area (Å²) in [6.45, 7) is 7.16. The quantitative estimate of drug-likeness (QED) is 0.841. The zero-order chi connectivity index (χ0) is 15.5. The SMILES string of the molecule is COC(=O)C(NS(=O)(=O)c1cc(C)cc(C)c1)C(C)C. The van der Waals surface area contributed by atoms with E-state index in [0.717, 1.165) is 11.1 Å². The van der Waals surface area contributed by atoms with Gasteiger partial charge in [-0.15, -0.1) is 0 Å². The molecule has 0 bridgehead atoms. The third kappa shape index (κ3) is 4.05. The standard InChI is InChI=1S/C14H21NO4S/c1-9(2)13(14(16)19-5)15-20(17,18)12-7-10(3)6-11(4)8-12/h6-9,13,15H,1-5H3. The molecule has 0 saturated carbocycles. The third-order valence-corrected chi connectivity index (χ3v) is 4.33. The van der Waals surface area contributed by atoms with Gasteiger partial charge in [0.15, 0.2) is 0 Å². The number of ether oxygens (including phenoxy) is 1. The molecular formula is C14H21NO4S. The molecule has 0 radical (unpaired) electrons. The van der Waals surface area contributed by atoms with Crippen molar-refractivity contribution in [1.29, 1.82) is 0 Å². The maximum absolute atomic E-state index is 12.4. The van der Waals surface area contributed by atoms with E-state index >= 15 is 0 Å². The molecule has 5 nitrogen and oxygen atoms in total. The predicted molar refractivity (Wildman–Crippen MR) is 76.9 cm³/mol. The van der Waals surface area contributed by atoms with E-state index in [1.807, 2.05) is 19.9 Å². The maximum Gasteiger partial charge on any atom is 0.324 e. The van der Waals surface area contributed by atoms with E-state index in [1.54, 1.807) is 26.0 Å². The van der Waals surface area contributed by atoms with Gasteiger partial charge in [0.25, 0.3) is 0 Å². The Morgan fingerprint density at radius 2 is 1.65 bits per heavy atom. The van der Waals surface area contributed by atoms with E-state index in [-0.39, 0.29) is 10.8 Å². The van der Waals surface area contributed by atoms with Crippen LogP contribution in [-0.4, -0.2) is 27.5 Å². The minimum absolute atomic E-state index is 0.157. The van der Waals surface area contributed by atoms with Crippen LogP contribution in [0.15, 0.2) is 23.1 Å². The van der Waals surface area contributed by atoms with Crippen LogP contribution in [0.25, 0.3) is 0 Å². The van der Waals surface area contributed by atoms with Crippen LogP contribution in [0.4, 0.5) is 0 Å². The van der Waals surface area contributed by atoms with Crippen molar-refractivity contribution in [3.63, 3.8) is 0 Å². The Hall–Kier alpha value is -1.40. The number of rotatable bonds is 5. The Kier molecular flexibility index (Phi) is 5.30. The Bertz CT molecular complexity index is 573. The highest BCUT2D eigenvalue weighted by molar-refractivity contribution is 7.89. The number of hydrogen-bond donors (Lipinski definition) is 1. The number of aryl methyl sites for hydroxylation is 2. The topological polar surface area (TPSA) is 72.5 Å². The van der Waals surface area contributed by atoms with Crippen LogP contribution in [0.3, 0.4) is 0 Å². The summed E-state index contributed by atoms with van der Waals surface area (Å²) in [7, 11) is -2.52. The van der Waals surface area contributed by atoms with Crippen molar-refractivity contribution in [3.05, 3.63) is 29.3 Å². The second-order valence-electron chi connectivity index (χ2n) is 5.19. The highest BCUT2D eigenvalue weighted by Gasteiger charge is 2.29. The molecule has 1 atom stereocenters. The molecule has 0 aliphatic heterocycles. The summed E-state index contributed by atoms with van der Waals surface area (Å²) >= 11 is 0. The highest BCUT2D eigenvalue weighted by atomic mass is 32.2. The minimum atomic E-state index is -3.76. The van der Waals surface area contributed by atoms with Crippen LogP contribution < -0.4 is 4.72 Å². The van der Waals surface area contributed by atoms with Crippen molar-refractivity contribution in [1.82, 2.24) is 4.72 Å². The number of carbonyl (C=O) groups is 1. The Balaban J connectivity index is 3.13. The van der Waals surface area contributed by atoms with E-state index in [0.29, 0.717) is 0 Å². The van der Waals surface area contributed by atoms with Gasteiger partial charge in [0, 0.05) is 0 Å². The Labute approximate surface area is 120 Å². The normalized spacial score (nSPS) is 13.3. The molecule has 1 rings (SSSR count). The number of methoxy groups -OCH3 is 1. The molecule has 1 aromatic rings. The summed E-state index contributed by atoms with van der Waals surface area (Å²) in [4.78, 5) is 11.8. The molecule has 112 valence electrons. The average molecular weight is 299 g/mol. The van der Waals surface area contributed by atoms with Crippen LogP contribution >= 0.6 is 0 Å². The first-order valence-corrected chi connectivity index (χ1v) is 7.84. The number of hydrogen-bond acceptors (Lipinski definition) is 4. The molecule has 0 aliphatic carbocycles. The fourth-order valence-electron chi connectivity index (χ4n) is 1.91. The molecule has 0 fully saturated rings. The highest BCUT2D eigenvalue weighted by Crippen LogP contribution is 2.16. The first-order valence-electron chi connectivity index (χ1n) is 6.36. The van der Waals surface area contributed by atoms with Gasteiger partial charge in [0.05, 0.1) is 12.0 Å². The number of carbonyl (C=O) groups excluding carboxylic acids is 1. The van der Waals surface area contributed by atoms with Gasteiger partial charge in [-0.05, 0) is 43.0 Å². The second kappa shape index (κ2) is 6.37. The third-order valence-electron chi connectivity index (χ3n) is 2.91. The lowest BCUT2D eigenvalue weighted by Crippen LogP contribution is -2.44. The summed E-state index contributed by atoms with van der Waals surface area (Å²) < 4.78 is 31.8. The van der Waals surface area contributed by atoms with Crippen molar-refractivity contribution < 1.29 is 17.9 Å². The van der Waals surface area contributed by atoms with Crippen LogP contribution in [0.2, 0.25) is 0 Å². The van der Waals surface area contributed by atoms with E-state index in [4.69, 9.17) is 0 Å². The molecule has 0 aromatic heterocycles. The fourth-order valence-corrected chi connectivity index (χ4v) is 3.43. The van der Waals surface area contributed by atoms with Gasteiger partial charge in [-0.25, -0.2) is 8.42 Å². The van der Waals surface area contributed by atoms with Crippen LogP contribution in [0.1, 0.15) is 25.0 Å². The maximum atomic E-state index is 12.4. The van der Waals surface area contributed by atoms with Crippen molar-refractivity contribution in [3.8, 4) is 0 Å². The van der Waals surface area contributed by atoms with Gasteiger partial charge in [-0.1, -0.05) is 19.9 Å². The van der Waals surface area contributed by atoms with E-state index < -0.39 is 22.0 Å². The minimum Gasteiger partial charge on any atom is -0.468 e. The van der Waals surface area contributed by atoms with E-state index in [2.05, 4.69) is 9.46 Å². The molecule has 1 unspecified atom stereocenters. The molecule has 0 heterocycles. The van der Waals surface area contributed by atoms with E-state index in [9.17, 15) is 13.2 Å². The second-order valence-corrected chi connectivity index (χ2v) is 6.90. The largest absolute Gasteiger partial charge is 0.468 e. The van der Waals surface area contributed by atoms with Gasteiger partial charge in [-0.2, -0.15) is 4.72 Å². The van der Waals surface area contributed by atoms with Gasteiger partial charge < -0.3 is 4.74 Å². The number of sulfonamides is 1. The first kappa shape index (κ1) is 16.7. The molecule has 6 heteroatoms. The molecule has 1 N–H and O–H groups in total. The lowest BCUT2D eigenvalue weighted by Gasteiger charge is -2.20. The summed E-state index contributed by atoms with van der Waals surface area (Å²) in [5.41, 5.74) is 1.70. The summed E-state index contributed by atoms with van der Waals surface area (Å²) in [5.74, 6) is -0.795. The van der Waals surface area contributed by atoms with Crippen LogP contribution in [0, 0.1) is 19.8 Å². The molecule has 0 amide bonds. The first-order chi connectivity index (χ1) is 9.17. The molecular weight excluding hydrogens is 278 g/mol. The molecule has 0 spiro atoms. The molecule has 20 heavy (non-hydrogen) atoms. The number of benzene rings is 1. The zero-order valence-electron chi connectivity index (χ0n) is 12.4. The Morgan fingerprint density at radius 3 is 2.05 bits per heavy atom. The summed E-state index contributed by atoms with van der Waals surface area (Å²) in [5, 5.41) is 0. The van der Waals surface area contributed by atoms with E-state index in [1.165, 1.54) is 7.11 Å². The zero-order valence-corrected chi connectivity index (χ0v) is 13.2. The lowest BCUT2D eigenvalue weighted by molar-refractivity contribution is -0.143. The van der Waals surface area contributed by atoms with Crippen molar-refractivity contribution in [2.24, 2.45) is 5.92 Å². The fraction of sp³-hybridized carbons (Fsp3) is 0.500. The monoisotopic (exact) mass is 299 g/mol. The van der Waals surface area contributed by atoms with Crippen LogP contribution in [0.5, 0.6) is 0 Å². The van der Waals surface area contributed by atoms with Gasteiger partial charge >= 0.3 is 5.97 Å². The van der Waals surface area contributed by atoms with Gasteiger partial charge in [0.2, 0.25) is 10.0 Å². The predicted octanol–water partition coefficient (Wildman–Crippen LogP) is 1.78. The van der Waals surface area contributed by atoms with Crippen LogP contribution in [-0.2, 0) is 19.6 Å². The molecule has 0 saturated heterocycles. The van der Waals surface area contributed by atoms with Crippen molar-refractivity contribution in [2.45, 2.75) is 38.6 Å². The number of nitrogens with one attached hydrogen (secondary N) is 1. The molecule has 0 aliphatic rings. The smallest absolute Gasteiger partial charge is 0.324 e. The lowest BCUT2D eigenvalue weighted by atomic mass is 10.1. The Morgan fingerprint density at radius 1 is 1.15 bits per heavy atom. The van der Waals surface area contributed by atoms with Crippen molar-refractivity contribution >= 4 is 16.0 Å². The average Bonchev–Trinajstić information content (AvgIpc) is 2.33. The molecule has 1 aromatic carbocycles. The van der Waals surface area contributed by atoms with Gasteiger partial charge in [-0.3, -0.25) is 4.79 Å². The summed E-state index contributed by atoms with van der Waals surface area (Å²) in [6.07, 6.45) is 0.